The first-order valence-corrected chi connectivity index (χ1v) is 7.96. The molecular weight excluding hydrogens is 286 g/mol. The van der Waals surface area contributed by atoms with Gasteiger partial charge in [-0.3, -0.25) is 9.59 Å². The Labute approximate surface area is 128 Å². The number of rotatable bonds is 4. The molecule has 112 valence electrons. The molecule has 0 unspecified atom stereocenters. The summed E-state index contributed by atoms with van der Waals surface area (Å²) in [4.78, 5) is 23.8. The van der Waals surface area contributed by atoms with Gasteiger partial charge in [0.1, 0.15) is 5.54 Å². The molecule has 1 heterocycles. The van der Waals surface area contributed by atoms with E-state index in [1.807, 2.05) is 0 Å². The fourth-order valence-electron chi connectivity index (χ4n) is 2.78. The molecule has 0 aromatic carbocycles. The molecule has 6 heteroatoms. The van der Waals surface area contributed by atoms with E-state index in [2.05, 4.69) is 11.4 Å². The number of nitrogens with zero attached hydrogens (tertiary/aromatic N) is 1. The highest BCUT2D eigenvalue weighted by Gasteiger charge is 2.37. The van der Waals surface area contributed by atoms with Crippen molar-refractivity contribution in [2.24, 2.45) is 11.7 Å². The topological polar surface area (TPSA) is 96.0 Å². The number of hydrogen-bond acceptors (Lipinski definition) is 4. The second-order valence-electron chi connectivity index (χ2n) is 5.67. The lowest BCUT2D eigenvalue weighted by molar-refractivity contribution is 0.0890. The van der Waals surface area contributed by atoms with Gasteiger partial charge in [0.05, 0.1) is 16.5 Å². The summed E-state index contributed by atoms with van der Waals surface area (Å²) in [6.45, 7) is 1.78. The zero-order chi connectivity index (χ0) is 15.5. The molecular formula is C15H19N3O2S. The third kappa shape index (κ3) is 3.42. The molecule has 1 aromatic rings. The Bertz CT molecular complexity index is 584. The van der Waals surface area contributed by atoms with Gasteiger partial charge in [-0.1, -0.05) is 19.3 Å². The second-order valence-corrected chi connectivity index (χ2v) is 6.58. The van der Waals surface area contributed by atoms with Crippen LogP contribution in [0.25, 0.3) is 0 Å². The van der Waals surface area contributed by atoms with Crippen LogP contribution in [0.5, 0.6) is 0 Å². The minimum atomic E-state index is -0.867. The number of nitrogens with two attached hydrogens (primary N) is 1. The zero-order valence-corrected chi connectivity index (χ0v) is 12.8. The largest absolute Gasteiger partial charge is 0.366 e. The average molecular weight is 305 g/mol. The predicted octanol–water partition coefficient (Wildman–Crippen LogP) is 2.44. The highest BCUT2D eigenvalue weighted by atomic mass is 32.1. The minimum Gasteiger partial charge on any atom is -0.366 e. The van der Waals surface area contributed by atoms with Crippen molar-refractivity contribution in [3.8, 4) is 6.07 Å². The summed E-state index contributed by atoms with van der Waals surface area (Å²) in [5.74, 6) is -0.696. The number of carbonyl (C=O) groups excluding carboxylic acids is 2. The molecule has 2 rings (SSSR count). The first kappa shape index (κ1) is 15.5. The number of nitriles is 1. The molecule has 1 atom stereocenters. The van der Waals surface area contributed by atoms with Gasteiger partial charge >= 0.3 is 0 Å². The molecule has 1 saturated carbocycles. The third-order valence-corrected chi connectivity index (χ3v) is 5.06. The van der Waals surface area contributed by atoms with Crippen molar-refractivity contribution in [2.75, 3.05) is 0 Å². The highest BCUT2D eigenvalue weighted by molar-refractivity contribution is 7.12. The van der Waals surface area contributed by atoms with Crippen LogP contribution in [0, 0.1) is 17.2 Å². The number of thiophene rings is 1. The normalized spacial score (nSPS) is 18.5. The van der Waals surface area contributed by atoms with E-state index < -0.39 is 11.4 Å². The van der Waals surface area contributed by atoms with Crippen LogP contribution < -0.4 is 11.1 Å². The summed E-state index contributed by atoms with van der Waals surface area (Å²) in [7, 11) is 0. The van der Waals surface area contributed by atoms with E-state index in [9.17, 15) is 14.9 Å². The van der Waals surface area contributed by atoms with E-state index in [-0.39, 0.29) is 11.8 Å². The standard InChI is InChI=1S/C15H19N3O2S/c1-15(9-16,11-5-3-2-4-6-11)18-14(20)12-7-10(8-21-12)13(17)19/h7-8,11H,2-6H2,1H3,(H2,17,19)(H,18,20)/t15-/m1/s1. The molecule has 0 spiro atoms. The Morgan fingerprint density at radius 2 is 2.10 bits per heavy atom. The number of amides is 2. The van der Waals surface area contributed by atoms with Crippen molar-refractivity contribution in [2.45, 2.75) is 44.6 Å². The maximum absolute atomic E-state index is 12.3. The van der Waals surface area contributed by atoms with Gasteiger partial charge in [-0.15, -0.1) is 11.3 Å². The van der Waals surface area contributed by atoms with Crippen molar-refractivity contribution in [3.05, 3.63) is 21.9 Å². The molecule has 0 saturated heterocycles. The Morgan fingerprint density at radius 1 is 1.43 bits per heavy atom. The van der Waals surface area contributed by atoms with Gasteiger partial charge < -0.3 is 11.1 Å². The maximum Gasteiger partial charge on any atom is 0.262 e. The summed E-state index contributed by atoms with van der Waals surface area (Å²) in [6, 6.07) is 3.73. The van der Waals surface area contributed by atoms with E-state index in [0.717, 1.165) is 37.0 Å². The summed E-state index contributed by atoms with van der Waals surface area (Å²) in [6.07, 6.45) is 5.31. The molecule has 0 aliphatic heterocycles. The summed E-state index contributed by atoms with van der Waals surface area (Å²) in [5, 5.41) is 13.9. The van der Waals surface area contributed by atoms with Gasteiger partial charge in [0.2, 0.25) is 5.91 Å². The monoisotopic (exact) mass is 305 g/mol. The Morgan fingerprint density at radius 3 is 2.62 bits per heavy atom. The Kier molecular flexibility index (Phi) is 4.63. The summed E-state index contributed by atoms with van der Waals surface area (Å²) in [5.41, 5.74) is 4.64. The SMILES string of the molecule is C[C@](C#N)(NC(=O)c1cc(C(N)=O)cs1)C1CCCCC1. The van der Waals surface area contributed by atoms with Crippen LogP contribution in [-0.4, -0.2) is 17.4 Å². The van der Waals surface area contributed by atoms with Crippen LogP contribution in [0.1, 0.15) is 59.1 Å². The quantitative estimate of drug-likeness (QED) is 0.894. The van der Waals surface area contributed by atoms with Crippen LogP contribution in [0.2, 0.25) is 0 Å². The van der Waals surface area contributed by atoms with Crippen LogP contribution in [0.15, 0.2) is 11.4 Å². The Hall–Kier alpha value is -1.87. The molecule has 1 aromatic heterocycles. The lowest BCUT2D eigenvalue weighted by atomic mass is 9.76. The first-order chi connectivity index (χ1) is 9.96. The number of carbonyl (C=O) groups is 2. The fraction of sp³-hybridized carbons (Fsp3) is 0.533. The molecule has 1 aliphatic rings. The fourth-order valence-corrected chi connectivity index (χ4v) is 3.57. The predicted molar refractivity (Wildman–Crippen MR) is 80.9 cm³/mol. The van der Waals surface area contributed by atoms with Gasteiger partial charge in [-0.2, -0.15) is 5.26 Å². The van der Waals surface area contributed by atoms with Gasteiger partial charge in [-0.25, -0.2) is 0 Å². The molecule has 1 aliphatic carbocycles. The van der Waals surface area contributed by atoms with Crippen LogP contribution in [0.4, 0.5) is 0 Å². The lowest BCUT2D eigenvalue weighted by Gasteiger charge is -2.34. The van der Waals surface area contributed by atoms with Gasteiger partial charge in [0.25, 0.3) is 5.91 Å². The minimum absolute atomic E-state index is 0.177. The molecule has 1 fully saturated rings. The maximum atomic E-state index is 12.3. The van der Waals surface area contributed by atoms with Gasteiger partial charge in [-0.05, 0) is 31.7 Å². The van der Waals surface area contributed by atoms with E-state index in [1.54, 1.807) is 12.3 Å². The third-order valence-electron chi connectivity index (χ3n) is 4.13. The molecule has 2 amide bonds. The summed E-state index contributed by atoms with van der Waals surface area (Å²) < 4.78 is 0. The summed E-state index contributed by atoms with van der Waals surface area (Å²) >= 11 is 1.16. The van der Waals surface area contributed by atoms with Crippen molar-refractivity contribution in [3.63, 3.8) is 0 Å². The van der Waals surface area contributed by atoms with Crippen LogP contribution in [0.3, 0.4) is 0 Å². The Balaban J connectivity index is 2.11. The van der Waals surface area contributed by atoms with E-state index in [1.165, 1.54) is 12.5 Å². The van der Waals surface area contributed by atoms with Crippen molar-refractivity contribution in [1.82, 2.24) is 5.32 Å². The first-order valence-electron chi connectivity index (χ1n) is 7.08. The lowest BCUT2D eigenvalue weighted by Crippen LogP contribution is -2.50. The number of primary amides is 1. The van der Waals surface area contributed by atoms with E-state index >= 15 is 0 Å². The molecule has 0 bridgehead atoms. The second kappa shape index (κ2) is 6.27. The van der Waals surface area contributed by atoms with Crippen LogP contribution in [-0.2, 0) is 0 Å². The van der Waals surface area contributed by atoms with Crippen molar-refractivity contribution >= 4 is 23.2 Å². The van der Waals surface area contributed by atoms with Crippen molar-refractivity contribution < 1.29 is 9.59 Å². The smallest absolute Gasteiger partial charge is 0.262 e. The van der Waals surface area contributed by atoms with E-state index in [4.69, 9.17) is 5.73 Å². The van der Waals surface area contributed by atoms with Crippen LogP contribution >= 0.6 is 11.3 Å². The molecule has 3 N–H and O–H groups in total. The zero-order valence-electron chi connectivity index (χ0n) is 12.0. The van der Waals surface area contributed by atoms with Gasteiger partial charge in [0, 0.05) is 5.38 Å². The number of nitrogens with one attached hydrogen (secondary N) is 1. The average Bonchev–Trinajstić information content (AvgIpc) is 2.98. The number of hydrogen-bond donors (Lipinski definition) is 2. The molecule has 0 radical (unpaired) electrons. The highest BCUT2D eigenvalue weighted by Crippen LogP contribution is 2.32. The van der Waals surface area contributed by atoms with E-state index in [0.29, 0.717) is 10.4 Å². The molecule has 21 heavy (non-hydrogen) atoms. The van der Waals surface area contributed by atoms with Crippen molar-refractivity contribution in [1.29, 1.82) is 5.26 Å². The van der Waals surface area contributed by atoms with Gasteiger partial charge in [0.15, 0.2) is 0 Å². The molecule has 5 nitrogen and oxygen atoms in total.